The summed E-state index contributed by atoms with van der Waals surface area (Å²) >= 11 is 0. The second kappa shape index (κ2) is 5.44. The largest absolute Gasteiger partial charge is 0.478 e. The van der Waals surface area contributed by atoms with Crippen molar-refractivity contribution >= 4 is 11.9 Å². The Labute approximate surface area is 101 Å². The molecule has 0 radical (unpaired) electrons. The van der Waals surface area contributed by atoms with Crippen molar-refractivity contribution in [2.24, 2.45) is 0 Å². The summed E-state index contributed by atoms with van der Waals surface area (Å²) in [5, 5.41) is 10.5. The lowest BCUT2D eigenvalue weighted by Gasteiger charge is -2.18. The quantitative estimate of drug-likeness (QED) is 0.840. The van der Waals surface area contributed by atoms with E-state index >= 15 is 0 Å². The summed E-state index contributed by atoms with van der Waals surface area (Å²) in [5.41, 5.74) is -0.0347. The molecule has 18 heavy (non-hydrogen) atoms. The fraction of sp³-hybridized carbons (Fsp3) is 0.273. The van der Waals surface area contributed by atoms with Crippen LogP contribution < -0.4 is 10.1 Å². The number of halogens is 2. The maximum Gasteiger partial charge on any atom is 0.415 e. The molecular formula is C11H11F2NO4. The lowest BCUT2D eigenvalue weighted by Crippen LogP contribution is -2.39. The normalized spacial score (nSPS) is 10.8. The molecule has 7 heteroatoms. The van der Waals surface area contributed by atoms with Crippen LogP contribution in [0, 0.1) is 0 Å². The number of carbonyl (C=O) groups excluding carboxylic acids is 1. The third-order valence-corrected chi connectivity index (χ3v) is 1.91. The number of hydrogen-bond donors (Lipinski definition) is 2. The molecule has 0 saturated heterocycles. The number of carboxylic acids is 1. The molecule has 0 aromatic heterocycles. The number of benzene rings is 1. The van der Waals surface area contributed by atoms with Crippen molar-refractivity contribution < 1.29 is 28.2 Å². The molecule has 2 N–H and O–H groups in total. The Morgan fingerprint density at radius 2 is 1.89 bits per heavy atom. The van der Waals surface area contributed by atoms with Gasteiger partial charge in [0.2, 0.25) is 5.91 Å². The number of amides is 1. The first-order valence-electron chi connectivity index (χ1n) is 4.95. The van der Waals surface area contributed by atoms with Gasteiger partial charge in [0.15, 0.2) is 0 Å². The number of carbonyl (C=O) groups is 2. The molecule has 0 fully saturated rings. The van der Waals surface area contributed by atoms with Gasteiger partial charge in [0.1, 0.15) is 12.3 Å². The molecule has 1 amide bonds. The van der Waals surface area contributed by atoms with Gasteiger partial charge >= 0.3 is 12.1 Å². The smallest absolute Gasteiger partial charge is 0.415 e. The van der Waals surface area contributed by atoms with Gasteiger partial charge in [0, 0.05) is 6.92 Å². The van der Waals surface area contributed by atoms with Crippen LogP contribution in [0.3, 0.4) is 0 Å². The van der Waals surface area contributed by atoms with Crippen LogP contribution in [0.1, 0.15) is 17.3 Å². The number of hydrogen-bond acceptors (Lipinski definition) is 3. The van der Waals surface area contributed by atoms with Gasteiger partial charge in [-0.05, 0) is 24.3 Å². The van der Waals surface area contributed by atoms with Gasteiger partial charge in [-0.2, -0.15) is 8.78 Å². The third kappa shape index (κ3) is 4.36. The number of rotatable bonds is 5. The Morgan fingerprint density at radius 1 is 1.33 bits per heavy atom. The highest BCUT2D eigenvalue weighted by atomic mass is 19.3. The standard InChI is InChI=1S/C11H11F2NO4/c1-7(15)14-6-11(12,13)18-9-4-2-8(3-5-9)10(16)17/h2-5H,6H2,1H3,(H,14,15)(H,16,17). The van der Waals surface area contributed by atoms with E-state index in [4.69, 9.17) is 5.11 Å². The molecule has 1 rings (SSSR count). The average molecular weight is 259 g/mol. The number of ether oxygens (including phenoxy) is 1. The molecule has 0 saturated carbocycles. The monoisotopic (exact) mass is 259 g/mol. The Balaban J connectivity index is 2.65. The zero-order valence-corrected chi connectivity index (χ0v) is 9.44. The van der Waals surface area contributed by atoms with Crippen molar-refractivity contribution in [3.8, 4) is 5.75 Å². The number of carboxylic acid groups (broad SMARTS) is 1. The van der Waals surface area contributed by atoms with Crippen LogP contribution in [0.15, 0.2) is 24.3 Å². The van der Waals surface area contributed by atoms with Crippen molar-refractivity contribution in [3.63, 3.8) is 0 Å². The van der Waals surface area contributed by atoms with Gasteiger partial charge in [-0.15, -0.1) is 0 Å². The molecule has 0 bridgehead atoms. The van der Waals surface area contributed by atoms with E-state index in [2.05, 4.69) is 4.74 Å². The zero-order valence-electron chi connectivity index (χ0n) is 9.44. The van der Waals surface area contributed by atoms with Crippen molar-refractivity contribution in [3.05, 3.63) is 29.8 Å². The van der Waals surface area contributed by atoms with E-state index < -0.39 is 24.5 Å². The third-order valence-electron chi connectivity index (χ3n) is 1.91. The highest BCUT2D eigenvalue weighted by Gasteiger charge is 2.31. The summed E-state index contributed by atoms with van der Waals surface area (Å²) in [5.74, 6) is -1.94. The molecule has 98 valence electrons. The molecule has 0 spiro atoms. The van der Waals surface area contributed by atoms with Gasteiger partial charge in [-0.1, -0.05) is 0 Å². The zero-order chi connectivity index (χ0) is 13.8. The van der Waals surface area contributed by atoms with Crippen LogP contribution in [0.5, 0.6) is 5.75 Å². The van der Waals surface area contributed by atoms with Crippen molar-refractivity contribution in [1.29, 1.82) is 0 Å². The molecule has 0 unspecified atom stereocenters. The first-order valence-corrected chi connectivity index (χ1v) is 4.95. The summed E-state index contributed by atoms with van der Waals surface area (Å²) in [7, 11) is 0. The van der Waals surface area contributed by atoms with E-state index in [1.165, 1.54) is 0 Å². The van der Waals surface area contributed by atoms with Crippen molar-refractivity contribution in [2.75, 3.05) is 6.54 Å². The van der Waals surface area contributed by atoms with Crippen LogP contribution >= 0.6 is 0 Å². The molecule has 5 nitrogen and oxygen atoms in total. The number of nitrogens with one attached hydrogen (secondary N) is 1. The first-order chi connectivity index (χ1) is 8.30. The summed E-state index contributed by atoms with van der Waals surface area (Å²) in [6, 6.07) is 4.52. The van der Waals surface area contributed by atoms with E-state index in [1.807, 2.05) is 5.32 Å². The summed E-state index contributed by atoms with van der Waals surface area (Å²) in [4.78, 5) is 21.0. The van der Waals surface area contributed by atoms with Crippen LogP contribution in [0.2, 0.25) is 0 Å². The molecule has 0 heterocycles. The molecular weight excluding hydrogens is 248 g/mol. The van der Waals surface area contributed by atoms with E-state index in [-0.39, 0.29) is 11.3 Å². The fourth-order valence-corrected chi connectivity index (χ4v) is 1.10. The van der Waals surface area contributed by atoms with Gasteiger partial charge in [-0.3, -0.25) is 4.79 Å². The minimum absolute atomic E-state index is 0.0347. The van der Waals surface area contributed by atoms with E-state index in [1.54, 1.807) is 0 Å². The van der Waals surface area contributed by atoms with E-state index in [0.717, 1.165) is 31.2 Å². The van der Waals surface area contributed by atoms with Crippen LogP contribution in [0.4, 0.5) is 8.78 Å². The maximum atomic E-state index is 13.2. The maximum absolute atomic E-state index is 13.2. The summed E-state index contributed by atoms with van der Waals surface area (Å²) in [6.45, 7) is 0.154. The Hall–Kier alpha value is -2.18. The summed E-state index contributed by atoms with van der Waals surface area (Å²) < 4.78 is 30.7. The molecule has 0 aliphatic heterocycles. The van der Waals surface area contributed by atoms with E-state index in [9.17, 15) is 18.4 Å². The van der Waals surface area contributed by atoms with E-state index in [0.29, 0.717) is 0 Å². The topological polar surface area (TPSA) is 75.6 Å². The predicted octanol–water partition coefficient (Wildman–Crippen LogP) is 1.49. The highest BCUT2D eigenvalue weighted by molar-refractivity contribution is 5.87. The molecule has 0 aliphatic rings. The minimum Gasteiger partial charge on any atom is -0.478 e. The lowest BCUT2D eigenvalue weighted by atomic mass is 10.2. The van der Waals surface area contributed by atoms with Gasteiger partial charge in [0.25, 0.3) is 0 Å². The van der Waals surface area contributed by atoms with Crippen LogP contribution in [-0.4, -0.2) is 29.6 Å². The van der Waals surface area contributed by atoms with Gasteiger partial charge < -0.3 is 15.2 Å². The van der Waals surface area contributed by atoms with Crippen molar-refractivity contribution in [2.45, 2.75) is 13.0 Å². The Bertz CT molecular complexity index is 445. The summed E-state index contributed by atoms with van der Waals surface area (Å²) in [6.07, 6.45) is -3.56. The van der Waals surface area contributed by atoms with Gasteiger partial charge in [0.05, 0.1) is 5.56 Å². The highest BCUT2D eigenvalue weighted by Crippen LogP contribution is 2.21. The Morgan fingerprint density at radius 3 is 2.33 bits per heavy atom. The van der Waals surface area contributed by atoms with Gasteiger partial charge in [-0.25, -0.2) is 4.79 Å². The second-order valence-corrected chi connectivity index (χ2v) is 3.48. The molecule has 0 aliphatic carbocycles. The fourth-order valence-electron chi connectivity index (χ4n) is 1.10. The Kier molecular flexibility index (Phi) is 4.19. The molecule has 1 aromatic rings. The van der Waals surface area contributed by atoms with Crippen molar-refractivity contribution in [1.82, 2.24) is 5.32 Å². The SMILES string of the molecule is CC(=O)NCC(F)(F)Oc1ccc(C(=O)O)cc1. The average Bonchev–Trinajstić information content (AvgIpc) is 2.27. The predicted molar refractivity (Wildman–Crippen MR) is 57.7 cm³/mol. The lowest BCUT2D eigenvalue weighted by molar-refractivity contribution is -0.173. The number of alkyl halides is 2. The minimum atomic E-state index is -3.56. The molecule has 1 aromatic carbocycles. The van der Waals surface area contributed by atoms with Crippen LogP contribution in [0.25, 0.3) is 0 Å². The van der Waals surface area contributed by atoms with Crippen LogP contribution in [-0.2, 0) is 4.79 Å². The first kappa shape index (κ1) is 13.9. The number of aromatic carboxylic acids is 1. The molecule has 0 atom stereocenters. The second-order valence-electron chi connectivity index (χ2n) is 3.48.